The van der Waals surface area contributed by atoms with E-state index in [-0.39, 0.29) is 37.9 Å². The second-order valence-electron chi connectivity index (χ2n) is 8.65. The highest BCUT2D eigenvalue weighted by Crippen LogP contribution is 2.27. The van der Waals surface area contributed by atoms with Gasteiger partial charge < -0.3 is 18.9 Å². The quantitative estimate of drug-likeness (QED) is 0.363. The molecule has 1 amide bonds. The smallest absolute Gasteiger partial charge is 0.413 e. The number of nitrogens with zero attached hydrogens (tertiary/aromatic N) is 2. The van der Waals surface area contributed by atoms with Crippen LogP contribution in [0.25, 0.3) is 0 Å². The molecule has 2 heterocycles. The first-order valence-electron chi connectivity index (χ1n) is 10.7. The van der Waals surface area contributed by atoms with Crippen LogP contribution in [-0.2, 0) is 30.3 Å². The number of hydrogen-bond acceptors (Lipinski definition) is 8. The highest BCUT2D eigenvalue weighted by atomic mass is 16.7. The van der Waals surface area contributed by atoms with Crippen LogP contribution in [0, 0.1) is 5.41 Å². The summed E-state index contributed by atoms with van der Waals surface area (Å²) < 4.78 is 22.8. The number of ether oxygens (including phenoxy) is 4. The molecule has 0 radical (unpaired) electrons. The molecular formula is C23H29N3O7. The Bertz CT molecular complexity index is 1000. The molecule has 1 aliphatic heterocycles. The Morgan fingerprint density at radius 2 is 1.91 bits per heavy atom. The van der Waals surface area contributed by atoms with Gasteiger partial charge in [0.15, 0.2) is 6.79 Å². The monoisotopic (exact) mass is 459 g/mol. The maximum atomic E-state index is 12.4. The molecule has 1 aliphatic rings. The molecule has 1 aromatic carbocycles. The van der Waals surface area contributed by atoms with Crippen LogP contribution >= 0.6 is 0 Å². The number of carbonyl (C=O) groups is 2. The maximum absolute atomic E-state index is 12.4. The maximum Gasteiger partial charge on any atom is 0.413 e. The number of nitrogens with one attached hydrogen (secondary N) is 1. The summed E-state index contributed by atoms with van der Waals surface area (Å²) in [4.78, 5) is 40.0. The summed E-state index contributed by atoms with van der Waals surface area (Å²) >= 11 is 0. The largest absolute Gasteiger partial charge is 0.444 e. The van der Waals surface area contributed by atoms with E-state index in [2.05, 4.69) is 10.3 Å². The Morgan fingerprint density at radius 3 is 2.61 bits per heavy atom. The van der Waals surface area contributed by atoms with Gasteiger partial charge in [0.25, 0.3) is 0 Å². The molecule has 1 fully saturated rings. The Labute approximate surface area is 191 Å². The third-order valence-corrected chi connectivity index (χ3v) is 4.86. The summed E-state index contributed by atoms with van der Waals surface area (Å²) in [6, 6.07) is 10.7. The van der Waals surface area contributed by atoms with Crippen molar-refractivity contribution in [2.45, 2.75) is 52.6 Å². The standard InChI is InChI=1S/C23H29N3O7/c1-23(2,3)20(27)32-15-30-14-17-9-10-19(33-17)26-12-11-18(24-21(26)28)25-22(29)31-13-16-7-5-4-6-8-16/h4-8,11-12,17,19H,9-10,13-15H2,1-3H3,(H,24,25,28,29)/t17-,19+/m0/s1. The van der Waals surface area contributed by atoms with Gasteiger partial charge in [-0.2, -0.15) is 4.98 Å². The number of anilines is 1. The lowest BCUT2D eigenvalue weighted by atomic mass is 9.98. The molecule has 0 spiro atoms. The minimum atomic E-state index is -0.704. The molecule has 10 nitrogen and oxygen atoms in total. The SMILES string of the molecule is CC(C)(C)C(=O)OCOC[C@@H]1CC[C@H](n2ccc(NC(=O)OCc3ccccc3)nc2=O)O1. The molecule has 0 bridgehead atoms. The van der Waals surface area contributed by atoms with Crippen LogP contribution in [0.5, 0.6) is 0 Å². The zero-order valence-corrected chi connectivity index (χ0v) is 19.0. The van der Waals surface area contributed by atoms with Crippen molar-refractivity contribution in [3.63, 3.8) is 0 Å². The summed E-state index contributed by atoms with van der Waals surface area (Å²) in [5.74, 6) is -0.254. The normalized spacial score (nSPS) is 18.0. The van der Waals surface area contributed by atoms with E-state index in [0.29, 0.717) is 12.8 Å². The van der Waals surface area contributed by atoms with Gasteiger partial charge in [0.05, 0.1) is 18.1 Å². The molecule has 178 valence electrons. The van der Waals surface area contributed by atoms with Crippen LogP contribution in [0.15, 0.2) is 47.4 Å². The molecule has 33 heavy (non-hydrogen) atoms. The summed E-state index contributed by atoms with van der Waals surface area (Å²) in [7, 11) is 0. The van der Waals surface area contributed by atoms with E-state index in [1.807, 2.05) is 30.3 Å². The number of amides is 1. The van der Waals surface area contributed by atoms with Crippen molar-refractivity contribution in [1.29, 1.82) is 0 Å². The summed E-state index contributed by atoms with van der Waals surface area (Å²) in [6.45, 7) is 5.49. The van der Waals surface area contributed by atoms with Gasteiger partial charge in [-0.1, -0.05) is 30.3 Å². The lowest BCUT2D eigenvalue weighted by molar-refractivity contribution is -0.169. The highest BCUT2D eigenvalue weighted by Gasteiger charge is 2.28. The third kappa shape index (κ3) is 7.40. The lowest BCUT2D eigenvalue weighted by Crippen LogP contribution is -2.29. The van der Waals surface area contributed by atoms with Crippen molar-refractivity contribution in [1.82, 2.24) is 9.55 Å². The number of hydrogen-bond donors (Lipinski definition) is 1. The van der Waals surface area contributed by atoms with Crippen molar-refractivity contribution in [2.75, 3.05) is 18.7 Å². The van der Waals surface area contributed by atoms with Gasteiger partial charge in [-0.25, -0.2) is 9.59 Å². The third-order valence-electron chi connectivity index (χ3n) is 4.86. The topological polar surface area (TPSA) is 118 Å². The van der Waals surface area contributed by atoms with Crippen molar-refractivity contribution in [2.24, 2.45) is 5.41 Å². The van der Waals surface area contributed by atoms with Crippen LogP contribution in [0.3, 0.4) is 0 Å². The summed E-state index contributed by atoms with van der Waals surface area (Å²) in [5.41, 5.74) is -0.298. The number of carbonyl (C=O) groups excluding carboxylic acids is 2. The fourth-order valence-corrected chi connectivity index (χ4v) is 3.07. The molecule has 10 heteroatoms. The van der Waals surface area contributed by atoms with E-state index in [0.717, 1.165) is 5.56 Å². The molecule has 2 atom stereocenters. The predicted molar refractivity (Wildman–Crippen MR) is 118 cm³/mol. The van der Waals surface area contributed by atoms with E-state index in [4.69, 9.17) is 18.9 Å². The Balaban J connectivity index is 1.43. The Kier molecular flexibility index (Phi) is 8.18. The van der Waals surface area contributed by atoms with Crippen molar-refractivity contribution < 1.29 is 28.5 Å². The number of aromatic nitrogens is 2. The Morgan fingerprint density at radius 1 is 1.15 bits per heavy atom. The number of benzene rings is 1. The van der Waals surface area contributed by atoms with Gasteiger partial charge in [-0.3, -0.25) is 14.7 Å². The lowest BCUT2D eigenvalue weighted by Gasteiger charge is -2.18. The zero-order valence-electron chi connectivity index (χ0n) is 19.0. The molecule has 2 aromatic rings. The minimum Gasteiger partial charge on any atom is -0.444 e. The average Bonchev–Trinajstić information content (AvgIpc) is 3.24. The fraction of sp³-hybridized carbons (Fsp3) is 0.478. The van der Waals surface area contributed by atoms with Gasteiger partial charge >= 0.3 is 17.8 Å². The van der Waals surface area contributed by atoms with E-state index < -0.39 is 23.4 Å². The predicted octanol–water partition coefficient (Wildman–Crippen LogP) is 3.23. The number of esters is 1. The van der Waals surface area contributed by atoms with Crippen molar-refractivity contribution in [3.05, 3.63) is 58.6 Å². The fourth-order valence-electron chi connectivity index (χ4n) is 3.07. The molecule has 0 aliphatic carbocycles. The molecule has 1 N–H and O–H groups in total. The summed E-state index contributed by atoms with van der Waals surface area (Å²) in [6.07, 6.45) is 1.36. The first-order chi connectivity index (χ1) is 15.7. The van der Waals surface area contributed by atoms with Crippen molar-refractivity contribution >= 4 is 17.9 Å². The van der Waals surface area contributed by atoms with E-state index in [9.17, 15) is 14.4 Å². The molecule has 1 aromatic heterocycles. The second-order valence-corrected chi connectivity index (χ2v) is 8.65. The van der Waals surface area contributed by atoms with Crippen LogP contribution in [0.4, 0.5) is 10.6 Å². The number of rotatable bonds is 8. The Hall–Kier alpha value is -3.24. The molecule has 0 unspecified atom stereocenters. The minimum absolute atomic E-state index is 0.0906. The van der Waals surface area contributed by atoms with Gasteiger partial charge in [0.1, 0.15) is 18.7 Å². The average molecular weight is 459 g/mol. The van der Waals surface area contributed by atoms with Gasteiger partial charge in [0.2, 0.25) is 0 Å². The zero-order chi connectivity index (χ0) is 23.8. The first-order valence-corrected chi connectivity index (χ1v) is 10.7. The second kappa shape index (κ2) is 11.1. The summed E-state index contributed by atoms with van der Waals surface area (Å²) in [5, 5.41) is 2.45. The van der Waals surface area contributed by atoms with Crippen LogP contribution in [0.2, 0.25) is 0 Å². The van der Waals surface area contributed by atoms with Gasteiger partial charge in [-0.05, 0) is 45.2 Å². The van der Waals surface area contributed by atoms with Crippen LogP contribution in [0.1, 0.15) is 45.4 Å². The van der Waals surface area contributed by atoms with Crippen molar-refractivity contribution in [3.8, 4) is 0 Å². The van der Waals surface area contributed by atoms with E-state index in [1.165, 1.54) is 16.8 Å². The van der Waals surface area contributed by atoms with Crippen LogP contribution < -0.4 is 11.0 Å². The van der Waals surface area contributed by atoms with Crippen LogP contribution in [-0.4, -0.2) is 41.1 Å². The molecule has 0 saturated carbocycles. The van der Waals surface area contributed by atoms with E-state index in [1.54, 1.807) is 20.8 Å². The van der Waals surface area contributed by atoms with Gasteiger partial charge in [-0.15, -0.1) is 0 Å². The molecule has 3 rings (SSSR count). The van der Waals surface area contributed by atoms with E-state index >= 15 is 0 Å². The highest BCUT2D eigenvalue weighted by molar-refractivity contribution is 5.83. The van der Waals surface area contributed by atoms with Gasteiger partial charge in [0, 0.05) is 6.20 Å². The molecular weight excluding hydrogens is 430 g/mol. The molecule has 1 saturated heterocycles. The first kappa shape index (κ1) is 24.4.